The van der Waals surface area contributed by atoms with Crippen molar-refractivity contribution < 1.29 is 14.3 Å². The van der Waals surface area contributed by atoms with E-state index in [1.165, 1.54) is 11.1 Å². The Morgan fingerprint density at radius 3 is 2.76 bits per heavy atom. The van der Waals surface area contributed by atoms with Gasteiger partial charge in [-0.2, -0.15) is 0 Å². The Hall–Kier alpha value is -2.89. The Kier molecular flexibility index (Phi) is 6.86. The van der Waals surface area contributed by atoms with Crippen LogP contribution in [0, 0.1) is 26.7 Å². The van der Waals surface area contributed by atoms with Crippen molar-refractivity contribution in [1.82, 2.24) is 9.88 Å². The fourth-order valence-corrected chi connectivity index (χ4v) is 3.47. The molecule has 1 unspecified atom stereocenters. The number of carbonyl (C=O) groups is 2. The normalized spacial score (nSPS) is 16.4. The molecule has 1 aliphatic rings. The van der Waals surface area contributed by atoms with Crippen LogP contribution in [-0.4, -0.2) is 41.4 Å². The van der Waals surface area contributed by atoms with Gasteiger partial charge in [-0.1, -0.05) is 12.1 Å². The number of likely N-dealkylation sites (tertiary alicyclic amines) is 1. The van der Waals surface area contributed by atoms with Gasteiger partial charge in [0.1, 0.15) is 11.6 Å². The van der Waals surface area contributed by atoms with E-state index in [0.29, 0.717) is 31.9 Å². The molecular weight excluding hydrogens is 366 g/mol. The minimum absolute atomic E-state index is 0.0281. The first-order valence-corrected chi connectivity index (χ1v) is 10.1. The molecule has 3 rings (SSSR count). The number of carbonyl (C=O) groups excluding carboxylic acids is 2. The van der Waals surface area contributed by atoms with Gasteiger partial charge < -0.3 is 15.0 Å². The van der Waals surface area contributed by atoms with Crippen LogP contribution in [0.15, 0.2) is 36.5 Å². The lowest BCUT2D eigenvalue weighted by Crippen LogP contribution is -2.44. The highest BCUT2D eigenvalue weighted by Crippen LogP contribution is 2.21. The Labute approximate surface area is 172 Å². The monoisotopic (exact) mass is 395 g/mol. The number of hydrogen-bond acceptors (Lipinski definition) is 4. The van der Waals surface area contributed by atoms with E-state index in [2.05, 4.69) is 17.2 Å². The van der Waals surface area contributed by atoms with E-state index >= 15 is 0 Å². The van der Waals surface area contributed by atoms with Gasteiger partial charge in [0.2, 0.25) is 11.8 Å². The average molecular weight is 396 g/mol. The number of nitrogens with zero attached hydrogens (tertiary/aromatic N) is 2. The predicted octanol–water partition coefficient (Wildman–Crippen LogP) is 3.65. The van der Waals surface area contributed by atoms with Crippen molar-refractivity contribution in [1.29, 1.82) is 0 Å². The molecular formula is C23H29N3O3. The van der Waals surface area contributed by atoms with E-state index < -0.39 is 0 Å². The number of pyridine rings is 1. The van der Waals surface area contributed by atoms with E-state index in [1.54, 1.807) is 11.1 Å². The number of aromatic nitrogens is 1. The highest BCUT2D eigenvalue weighted by atomic mass is 16.5. The molecule has 6 heteroatoms. The van der Waals surface area contributed by atoms with E-state index in [-0.39, 0.29) is 17.7 Å². The Balaban J connectivity index is 1.49. The van der Waals surface area contributed by atoms with Gasteiger partial charge in [-0.3, -0.25) is 9.59 Å². The van der Waals surface area contributed by atoms with Gasteiger partial charge in [0.15, 0.2) is 0 Å². The predicted molar refractivity (Wildman–Crippen MR) is 113 cm³/mol. The van der Waals surface area contributed by atoms with E-state index in [1.807, 2.05) is 44.2 Å². The summed E-state index contributed by atoms with van der Waals surface area (Å²) in [5.41, 5.74) is 3.31. The molecule has 1 aromatic heterocycles. The van der Waals surface area contributed by atoms with Gasteiger partial charge in [-0.25, -0.2) is 4.98 Å². The molecule has 1 atom stereocenters. The number of anilines is 1. The standard InChI is InChI=1S/C23H29N3O3/c1-16-8-9-20(14-18(16)3)29-13-10-21(27)26-12-5-7-19(15-26)23(28)25-22-17(2)6-4-11-24-22/h4,6,8-9,11,14,19H,5,7,10,12-13,15H2,1-3H3,(H,24,25,28). The summed E-state index contributed by atoms with van der Waals surface area (Å²) in [7, 11) is 0. The first-order valence-electron chi connectivity index (χ1n) is 10.1. The summed E-state index contributed by atoms with van der Waals surface area (Å²) in [5, 5.41) is 2.90. The molecule has 1 fully saturated rings. The topological polar surface area (TPSA) is 71.5 Å². The molecule has 0 bridgehead atoms. The molecule has 1 N–H and O–H groups in total. The smallest absolute Gasteiger partial charge is 0.230 e. The molecule has 2 heterocycles. The summed E-state index contributed by atoms with van der Waals surface area (Å²) in [6, 6.07) is 9.68. The summed E-state index contributed by atoms with van der Waals surface area (Å²) in [6.07, 6.45) is 3.57. The molecule has 0 radical (unpaired) electrons. The molecule has 1 saturated heterocycles. The first-order chi connectivity index (χ1) is 13.9. The van der Waals surface area contributed by atoms with Gasteiger partial charge in [-0.05, 0) is 68.5 Å². The summed E-state index contributed by atoms with van der Waals surface area (Å²) >= 11 is 0. The number of piperidine rings is 1. The van der Waals surface area contributed by atoms with E-state index in [4.69, 9.17) is 4.74 Å². The number of amides is 2. The zero-order valence-corrected chi connectivity index (χ0v) is 17.4. The minimum atomic E-state index is -0.213. The second kappa shape index (κ2) is 9.54. The number of rotatable bonds is 6. The molecule has 0 spiro atoms. The van der Waals surface area contributed by atoms with Crippen molar-refractivity contribution in [3.8, 4) is 5.75 Å². The lowest BCUT2D eigenvalue weighted by atomic mass is 9.96. The maximum absolute atomic E-state index is 12.6. The highest BCUT2D eigenvalue weighted by Gasteiger charge is 2.28. The maximum Gasteiger partial charge on any atom is 0.230 e. The quantitative estimate of drug-likeness (QED) is 0.810. The number of nitrogens with one attached hydrogen (secondary N) is 1. The van der Waals surface area contributed by atoms with Crippen LogP contribution >= 0.6 is 0 Å². The van der Waals surface area contributed by atoms with E-state index in [9.17, 15) is 9.59 Å². The largest absolute Gasteiger partial charge is 0.493 e. The zero-order chi connectivity index (χ0) is 20.8. The molecule has 6 nitrogen and oxygen atoms in total. The van der Waals surface area contributed by atoms with Crippen LogP contribution in [0.5, 0.6) is 5.75 Å². The Morgan fingerprint density at radius 2 is 2.00 bits per heavy atom. The van der Waals surface area contributed by atoms with Crippen LogP contribution in [0.4, 0.5) is 5.82 Å². The summed E-state index contributed by atoms with van der Waals surface area (Å²) < 4.78 is 5.73. The fraction of sp³-hybridized carbons (Fsp3) is 0.435. The minimum Gasteiger partial charge on any atom is -0.493 e. The van der Waals surface area contributed by atoms with Crippen LogP contribution < -0.4 is 10.1 Å². The first kappa shape index (κ1) is 20.8. The zero-order valence-electron chi connectivity index (χ0n) is 17.4. The van der Waals surface area contributed by atoms with Gasteiger partial charge >= 0.3 is 0 Å². The van der Waals surface area contributed by atoms with Crippen molar-refractivity contribution in [3.63, 3.8) is 0 Å². The highest BCUT2D eigenvalue weighted by molar-refractivity contribution is 5.93. The molecule has 2 amide bonds. The van der Waals surface area contributed by atoms with E-state index in [0.717, 1.165) is 24.2 Å². The number of aryl methyl sites for hydroxylation is 3. The van der Waals surface area contributed by atoms with Gasteiger partial charge in [0.05, 0.1) is 18.9 Å². The van der Waals surface area contributed by atoms with Crippen molar-refractivity contribution in [2.24, 2.45) is 5.92 Å². The Bertz CT molecular complexity index is 881. The second-order valence-electron chi connectivity index (χ2n) is 7.68. The van der Waals surface area contributed by atoms with Crippen molar-refractivity contribution in [3.05, 3.63) is 53.2 Å². The van der Waals surface area contributed by atoms with Crippen LogP contribution in [-0.2, 0) is 9.59 Å². The van der Waals surface area contributed by atoms with Gasteiger partial charge in [-0.15, -0.1) is 0 Å². The van der Waals surface area contributed by atoms with Crippen LogP contribution in [0.1, 0.15) is 36.0 Å². The summed E-state index contributed by atoms with van der Waals surface area (Å²) in [4.78, 5) is 31.2. The SMILES string of the molecule is Cc1ccc(OCCC(=O)N2CCCC(C(=O)Nc3ncccc3C)C2)cc1C. The third-order valence-electron chi connectivity index (χ3n) is 5.46. The molecule has 0 aliphatic carbocycles. The lowest BCUT2D eigenvalue weighted by molar-refractivity contribution is -0.135. The van der Waals surface area contributed by atoms with Crippen molar-refractivity contribution >= 4 is 17.6 Å². The third kappa shape index (κ3) is 5.56. The molecule has 2 aromatic rings. The average Bonchev–Trinajstić information content (AvgIpc) is 2.72. The van der Waals surface area contributed by atoms with Crippen LogP contribution in [0.3, 0.4) is 0 Å². The molecule has 29 heavy (non-hydrogen) atoms. The molecule has 0 saturated carbocycles. The second-order valence-corrected chi connectivity index (χ2v) is 7.68. The van der Waals surface area contributed by atoms with Crippen molar-refractivity contribution in [2.45, 2.75) is 40.0 Å². The lowest BCUT2D eigenvalue weighted by Gasteiger charge is -2.32. The van der Waals surface area contributed by atoms with Crippen LogP contribution in [0.2, 0.25) is 0 Å². The van der Waals surface area contributed by atoms with Crippen LogP contribution in [0.25, 0.3) is 0 Å². The number of benzene rings is 1. The Morgan fingerprint density at radius 1 is 1.17 bits per heavy atom. The molecule has 1 aromatic carbocycles. The maximum atomic E-state index is 12.6. The van der Waals surface area contributed by atoms with Crippen molar-refractivity contribution in [2.75, 3.05) is 25.0 Å². The third-order valence-corrected chi connectivity index (χ3v) is 5.46. The molecule has 154 valence electrons. The fourth-order valence-electron chi connectivity index (χ4n) is 3.47. The summed E-state index contributed by atoms with van der Waals surface area (Å²) in [5.74, 6) is 1.11. The number of ether oxygens (including phenoxy) is 1. The number of hydrogen-bond donors (Lipinski definition) is 1. The van der Waals surface area contributed by atoms with Gasteiger partial charge in [0, 0.05) is 19.3 Å². The van der Waals surface area contributed by atoms with Gasteiger partial charge in [0.25, 0.3) is 0 Å². The molecule has 1 aliphatic heterocycles. The summed E-state index contributed by atoms with van der Waals surface area (Å²) in [6.45, 7) is 7.48.